The first-order chi connectivity index (χ1) is 12.7. The van der Waals surface area contributed by atoms with Gasteiger partial charge in [-0.3, -0.25) is 0 Å². The lowest BCUT2D eigenvalue weighted by Crippen LogP contribution is -2.61. The van der Waals surface area contributed by atoms with E-state index in [0.717, 1.165) is 15.6 Å². The summed E-state index contributed by atoms with van der Waals surface area (Å²) in [5.41, 5.74) is 0.0330. The molecular weight excluding hydrogens is 352 g/mol. The Labute approximate surface area is 158 Å². The molecule has 0 N–H and O–H groups in total. The SMILES string of the molecule is COC(=O)[C@H]1CCCN(C(=O)OCc2ccccc2)N1C(=O)OC(C)(C)C. The third-order valence-electron chi connectivity index (χ3n) is 3.87. The van der Waals surface area contributed by atoms with Gasteiger partial charge in [0.1, 0.15) is 12.2 Å². The number of benzene rings is 1. The maximum Gasteiger partial charge on any atom is 0.430 e. The van der Waals surface area contributed by atoms with Crippen LogP contribution in [0.15, 0.2) is 30.3 Å². The van der Waals surface area contributed by atoms with E-state index in [1.165, 1.54) is 7.11 Å². The Bertz CT molecular complexity index is 671. The predicted octanol–water partition coefficient (Wildman–Crippen LogP) is 3.11. The molecule has 1 atom stereocenters. The van der Waals surface area contributed by atoms with Crippen LogP contribution in [0.25, 0.3) is 0 Å². The average molecular weight is 378 g/mol. The molecule has 0 bridgehead atoms. The Morgan fingerprint density at radius 1 is 1.11 bits per heavy atom. The van der Waals surface area contributed by atoms with E-state index in [9.17, 15) is 14.4 Å². The molecule has 0 unspecified atom stereocenters. The highest BCUT2D eigenvalue weighted by molar-refractivity contribution is 5.83. The first-order valence-corrected chi connectivity index (χ1v) is 8.81. The first-order valence-electron chi connectivity index (χ1n) is 8.81. The van der Waals surface area contributed by atoms with Crippen molar-refractivity contribution in [2.45, 2.75) is 51.9 Å². The minimum Gasteiger partial charge on any atom is -0.467 e. The second kappa shape index (κ2) is 8.75. The topological polar surface area (TPSA) is 85.4 Å². The van der Waals surface area contributed by atoms with E-state index in [1.807, 2.05) is 30.3 Å². The minimum atomic E-state index is -0.942. The first kappa shape index (κ1) is 20.5. The normalized spacial score (nSPS) is 17.3. The molecule has 8 nitrogen and oxygen atoms in total. The van der Waals surface area contributed by atoms with Crippen molar-refractivity contribution in [1.29, 1.82) is 0 Å². The summed E-state index contributed by atoms with van der Waals surface area (Å²) < 4.78 is 15.5. The number of amides is 2. The van der Waals surface area contributed by atoms with Crippen LogP contribution in [-0.4, -0.2) is 53.5 Å². The van der Waals surface area contributed by atoms with Crippen molar-refractivity contribution >= 4 is 18.2 Å². The molecule has 1 aliphatic heterocycles. The molecule has 2 rings (SSSR count). The van der Waals surface area contributed by atoms with E-state index in [2.05, 4.69) is 0 Å². The fourth-order valence-corrected chi connectivity index (χ4v) is 2.69. The second-order valence-corrected chi connectivity index (χ2v) is 7.17. The summed E-state index contributed by atoms with van der Waals surface area (Å²) >= 11 is 0. The monoisotopic (exact) mass is 378 g/mol. The van der Waals surface area contributed by atoms with Gasteiger partial charge in [0.25, 0.3) is 0 Å². The smallest absolute Gasteiger partial charge is 0.430 e. The molecule has 0 aromatic heterocycles. The highest BCUT2D eigenvalue weighted by atomic mass is 16.6. The molecule has 1 saturated heterocycles. The fourth-order valence-electron chi connectivity index (χ4n) is 2.69. The molecule has 1 heterocycles. The number of methoxy groups -OCH3 is 1. The van der Waals surface area contributed by atoms with Crippen LogP contribution in [0.2, 0.25) is 0 Å². The molecule has 27 heavy (non-hydrogen) atoms. The zero-order valence-electron chi connectivity index (χ0n) is 16.1. The number of hydrogen-bond acceptors (Lipinski definition) is 6. The zero-order chi connectivity index (χ0) is 20.0. The number of ether oxygens (including phenoxy) is 3. The van der Waals surface area contributed by atoms with Gasteiger partial charge in [0.2, 0.25) is 0 Å². The number of esters is 1. The van der Waals surface area contributed by atoms with Crippen molar-refractivity contribution in [2.75, 3.05) is 13.7 Å². The lowest BCUT2D eigenvalue weighted by molar-refractivity contribution is -0.158. The Kier molecular flexibility index (Phi) is 6.65. The molecule has 1 aliphatic rings. The van der Waals surface area contributed by atoms with Gasteiger partial charge in [0.15, 0.2) is 6.04 Å². The van der Waals surface area contributed by atoms with Crippen LogP contribution in [0, 0.1) is 0 Å². The van der Waals surface area contributed by atoms with E-state index in [-0.39, 0.29) is 13.2 Å². The van der Waals surface area contributed by atoms with Gasteiger partial charge in [0.05, 0.1) is 7.11 Å². The molecule has 8 heteroatoms. The highest BCUT2D eigenvalue weighted by Gasteiger charge is 2.43. The summed E-state index contributed by atoms with van der Waals surface area (Å²) in [6.45, 7) is 5.42. The van der Waals surface area contributed by atoms with Gasteiger partial charge in [-0.25, -0.2) is 19.4 Å². The number of carbonyl (C=O) groups excluding carboxylic acids is 3. The molecule has 1 aromatic rings. The third-order valence-corrected chi connectivity index (χ3v) is 3.87. The molecular formula is C19H26N2O6. The molecule has 1 fully saturated rings. The lowest BCUT2D eigenvalue weighted by Gasteiger charge is -2.41. The summed E-state index contributed by atoms with van der Waals surface area (Å²) in [6.07, 6.45) is -0.624. The number of nitrogens with zero attached hydrogens (tertiary/aromatic N) is 2. The van der Waals surface area contributed by atoms with Crippen LogP contribution in [0.4, 0.5) is 9.59 Å². The zero-order valence-corrected chi connectivity index (χ0v) is 16.1. The van der Waals surface area contributed by atoms with Gasteiger partial charge in [-0.2, -0.15) is 5.01 Å². The Balaban J connectivity index is 2.17. The maximum absolute atomic E-state index is 12.7. The van der Waals surface area contributed by atoms with Crippen molar-refractivity contribution in [1.82, 2.24) is 10.0 Å². The van der Waals surface area contributed by atoms with Crippen molar-refractivity contribution < 1.29 is 28.6 Å². The van der Waals surface area contributed by atoms with E-state index in [1.54, 1.807) is 20.8 Å². The average Bonchev–Trinajstić information content (AvgIpc) is 2.64. The van der Waals surface area contributed by atoms with E-state index in [0.29, 0.717) is 12.8 Å². The van der Waals surface area contributed by atoms with Crippen molar-refractivity contribution in [3.63, 3.8) is 0 Å². The van der Waals surface area contributed by atoms with E-state index < -0.39 is 29.8 Å². The summed E-state index contributed by atoms with van der Waals surface area (Å²) in [5, 5.41) is 2.12. The molecule has 0 aliphatic carbocycles. The van der Waals surface area contributed by atoms with Crippen LogP contribution in [0.1, 0.15) is 39.2 Å². The summed E-state index contributed by atoms with van der Waals surface area (Å²) in [4.78, 5) is 37.4. The maximum atomic E-state index is 12.7. The third kappa shape index (κ3) is 5.60. The molecule has 0 spiro atoms. The number of hydrogen-bond donors (Lipinski definition) is 0. The standard InChI is InChI=1S/C19H26N2O6/c1-19(2,3)27-18(24)21-15(16(22)25-4)11-8-12-20(21)17(23)26-13-14-9-6-5-7-10-14/h5-7,9-10,15H,8,11-13H2,1-4H3/t15-/m1/s1. The number of rotatable bonds is 3. The second-order valence-electron chi connectivity index (χ2n) is 7.17. The Morgan fingerprint density at radius 3 is 2.37 bits per heavy atom. The largest absolute Gasteiger partial charge is 0.467 e. The van der Waals surface area contributed by atoms with Crippen LogP contribution in [-0.2, 0) is 25.6 Å². The van der Waals surface area contributed by atoms with Gasteiger partial charge < -0.3 is 14.2 Å². The minimum absolute atomic E-state index is 0.0568. The number of hydrazine groups is 1. The summed E-state index contributed by atoms with van der Waals surface area (Å²) in [6, 6.07) is 8.25. The van der Waals surface area contributed by atoms with Gasteiger partial charge in [-0.05, 0) is 39.2 Å². The molecule has 0 radical (unpaired) electrons. The predicted molar refractivity (Wildman–Crippen MR) is 96.4 cm³/mol. The Hall–Kier alpha value is -2.77. The Morgan fingerprint density at radius 2 is 1.78 bits per heavy atom. The molecule has 1 aromatic carbocycles. The van der Waals surface area contributed by atoms with Crippen molar-refractivity contribution in [3.8, 4) is 0 Å². The van der Waals surface area contributed by atoms with Crippen LogP contribution >= 0.6 is 0 Å². The molecule has 2 amide bonds. The highest BCUT2D eigenvalue weighted by Crippen LogP contribution is 2.23. The van der Waals surface area contributed by atoms with Crippen molar-refractivity contribution in [2.24, 2.45) is 0 Å². The molecule has 148 valence electrons. The fraction of sp³-hybridized carbons (Fsp3) is 0.526. The lowest BCUT2D eigenvalue weighted by atomic mass is 10.1. The van der Waals surface area contributed by atoms with Crippen LogP contribution in [0.5, 0.6) is 0 Å². The summed E-state index contributed by atoms with van der Waals surface area (Å²) in [5.74, 6) is -0.610. The van der Waals surface area contributed by atoms with Gasteiger partial charge in [-0.15, -0.1) is 0 Å². The van der Waals surface area contributed by atoms with Gasteiger partial charge in [0, 0.05) is 6.54 Å². The van der Waals surface area contributed by atoms with Gasteiger partial charge >= 0.3 is 18.2 Å². The van der Waals surface area contributed by atoms with Gasteiger partial charge in [-0.1, -0.05) is 30.3 Å². The van der Waals surface area contributed by atoms with Crippen LogP contribution in [0.3, 0.4) is 0 Å². The number of carbonyl (C=O) groups is 3. The van der Waals surface area contributed by atoms with E-state index in [4.69, 9.17) is 14.2 Å². The van der Waals surface area contributed by atoms with Crippen molar-refractivity contribution in [3.05, 3.63) is 35.9 Å². The summed E-state index contributed by atoms with van der Waals surface area (Å²) in [7, 11) is 1.24. The molecule has 0 saturated carbocycles. The quantitative estimate of drug-likeness (QED) is 0.593. The van der Waals surface area contributed by atoms with Crippen LogP contribution < -0.4 is 0 Å². The van der Waals surface area contributed by atoms with E-state index >= 15 is 0 Å².